The van der Waals surface area contributed by atoms with Gasteiger partial charge in [0.15, 0.2) is 0 Å². The summed E-state index contributed by atoms with van der Waals surface area (Å²) in [5.74, 6) is -0.316. The maximum atomic E-state index is 12.1. The van der Waals surface area contributed by atoms with Gasteiger partial charge in [0.2, 0.25) is 0 Å². The first-order valence-electron chi connectivity index (χ1n) is 9.03. The lowest BCUT2D eigenvalue weighted by atomic mass is 9.97. The highest BCUT2D eigenvalue weighted by Gasteiger charge is 2.14. The molecule has 4 heteroatoms. The summed E-state index contributed by atoms with van der Waals surface area (Å²) >= 11 is 0. The van der Waals surface area contributed by atoms with Gasteiger partial charge >= 0.3 is 5.97 Å². The Morgan fingerprint density at radius 2 is 1.81 bits per heavy atom. The van der Waals surface area contributed by atoms with Crippen LogP contribution in [0.5, 0.6) is 0 Å². The van der Waals surface area contributed by atoms with Gasteiger partial charge in [-0.05, 0) is 42.7 Å². The molecule has 0 bridgehead atoms. The molecule has 0 aliphatic rings. The average molecular weight is 356 g/mol. The lowest BCUT2D eigenvalue weighted by molar-refractivity contribution is 0.0526. The Hall–Kier alpha value is -3.40. The number of nitrogens with zero attached hydrogens (tertiary/aromatic N) is 1. The second-order valence-corrected chi connectivity index (χ2v) is 6.38. The fraction of sp³-hybridized carbons (Fsp3) is 0.130. The molecule has 0 amide bonds. The van der Waals surface area contributed by atoms with Crippen molar-refractivity contribution in [1.29, 1.82) is 0 Å². The van der Waals surface area contributed by atoms with E-state index in [-0.39, 0.29) is 5.97 Å². The van der Waals surface area contributed by atoms with Crippen LogP contribution in [0.25, 0.3) is 22.2 Å². The predicted molar refractivity (Wildman–Crippen MR) is 107 cm³/mol. The Morgan fingerprint density at radius 3 is 2.63 bits per heavy atom. The van der Waals surface area contributed by atoms with Crippen molar-refractivity contribution < 1.29 is 9.53 Å². The van der Waals surface area contributed by atoms with Gasteiger partial charge in [-0.15, -0.1) is 0 Å². The Labute approximate surface area is 157 Å². The van der Waals surface area contributed by atoms with Crippen LogP contribution < -0.4 is 0 Å². The number of carbonyl (C=O) groups is 1. The molecule has 0 aliphatic carbocycles. The zero-order chi connectivity index (χ0) is 18.6. The van der Waals surface area contributed by atoms with Gasteiger partial charge in [-0.25, -0.2) is 4.79 Å². The Kier molecular flexibility index (Phi) is 4.71. The molecule has 0 fully saturated rings. The molecule has 134 valence electrons. The quantitative estimate of drug-likeness (QED) is 0.512. The van der Waals surface area contributed by atoms with Crippen LogP contribution in [-0.2, 0) is 11.2 Å². The zero-order valence-corrected chi connectivity index (χ0v) is 15.1. The summed E-state index contributed by atoms with van der Waals surface area (Å²) < 4.78 is 5.12. The largest absolute Gasteiger partial charge is 0.462 e. The molecule has 0 spiro atoms. The molecule has 4 nitrogen and oxygen atoms in total. The number of benzene rings is 3. The summed E-state index contributed by atoms with van der Waals surface area (Å²) in [5.41, 5.74) is 5.71. The number of esters is 1. The second-order valence-electron chi connectivity index (χ2n) is 6.38. The van der Waals surface area contributed by atoms with Gasteiger partial charge < -0.3 is 4.74 Å². The van der Waals surface area contributed by atoms with Crippen LogP contribution in [0.1, 0.15) is 28.4 Å². The summed E-state index contributed by atoms with van der Waals surface area (Å²) in [4.78, 5) is 12.1. The summed E-state index contributed by atoms with van der Waals surface area (Å²) in [6.07, 6.45) is 0.822. The third-order valence-corrected chi connectivity index (χ3v) is 4.56. The maximum Gasteiger partial charge on any atom is 0.338 e. The number of fused-ring (bicyclic) bond motifs is 1. The number of H-pyrrole nitrogens is 1. The molecule has 1 aromatic heterocycles. The van der Waals surface area contributed by atoms with Crippen LogP contribution >= 0.6 is 0 Å². The van der Waals surface area contributed by atoms with E-state index in [9.17, 15) is 4.79 Å². The van der Waals surface area contributed by atoms with Crippen molar-refractivity contribution >= 4 is 16.9 Å². The van der Waals surface area contributed by atoms with Gasteiger partial charge in [-0.3, -0.25) is 5.10 Å². The molecule has 0 unspecified atom stereocenters. The standard InChI is InChI=1S/C23H20N2O2/c1-2-27-23(26)19-12-6-11-18(15-19)22-21-17(10-7-13-20(21)24-25-22)14-16-8-4-3-5-9-16/h3-13,15H,2,14H2,1H3,(H,24,25). The zero-order valence-electron chi connectivity index (χ0n) is 15.1. The van der Waals surface area contributed by atoms with E-state index in [1.54, 1.807) is 13.0 Å². The molecule has 0 saturated heterocycles. The number of nitrogens with one attached hydrogen (secondary N) is 1. The van der Waals surface area contributed by atoms with Crippen LogP contribution in [0.3, 0.4) is 0 Å². The smallest absolute Gasteiger partial charge is 0.338 e. The molecular weight excluding hydrogens is 336 g/mol. The number of aromatic amines is 1. The normalized spacial score (nSPS) is 10.9. The Bertz CT molecular complexity index is 1080. The lowest BCUT2D eigenvalue weighted by Crippen LogP contribution is -2.04. The molecule has 1 heterocycles. The van der Waals surface area contributed by atoms with Gasteiger partial charge in [-0.2, -0.15) is 5.10 Å². The van der Waals surface area contributed by atoms with Crippen LogP contribution in [0, 0.1) is 0 Å². The van der Waals surface area contributed by atoms with E-state index in [4.69, 9.17) is 4.74 Å². The van der Waals surface area contributed by atoms with E-state index in [0.29, 0.717) is 12.2 Å². The molecule has 27 heavy (non-hydrogen) atoms. The van der Waals surface area contributed by atoms with E-state index >= 15 is 0 Å². The number of ether oxygens (including phenoxy) is 1. The minimum absolute atomic E-state index is 0.316. The van der Waals surface area contributed by atoms with Crippen molar-refractivity contribution in [2.75, 3.05) is 6.61 Å². The van der Waals surface area contributed by atoms with Crippen molar-refractivity contribution in [3.8, 4) is 11.3 Å². The van der Waals surface area contributed by atoms with Crippen molar-refractivity contribution in [3.63, 3.8) is 0 Å². The third kappa shape index (κ3) is 3.47. The molecule has 4 rings (SSSR count). The van der Waals surface area contributed by atoms with Gasteiger partial charge in [0.1, 0.15) is 5.69 Å². The molecule has 4 aromatic rings. The van der Waals surface area contributed by atoms with Gasteiger partial charge in [0.05, 0.1) is 17.7 Å². The van der Waals surface area contributed by atoms with E-state index < -0.39 is 0 Å². The molecular formula is C23H20N2O2. The van der Waals surface area contributed by atoms with Crippen molar-refractivity contribution in [1.82, 2.24) is 10.2 Å². The number of hydrogen-bond donors (Lipinski definition) is 1. The first-order valence-corrected chi connectivity index (χ1v) is 9.03. The average Bonchev–Trinajstić information content (AvgIpc) is 3.14. The minimum atomic E-state index is -0.316. The summed E-state index contributed by atoms with van der Waals surface area (Å²) in [6, 6.07) is 24.0. The minimum Gasteiger partial charge on any atom is -0.462 e. The van der Waals surface area contributed by atoms with Gasteiger partial charge in [0, 0.05) is 10.9 Å². The summed E-state index contributed by atoms with van der Waals surface area (Å²) in [5, 5.41) is 8.74. The third-order valence-electron chi connectivity index (χ3n) is 4.56. The van der Waals surface area contributed by atoms with E-state index in [1.165, 1.54) is 11.1 Å². The fourth-order valence-corrected chi connectivity index (χ4v) is 3.32. The van der Waals surface area contributed by atoms with Crippen LogP contribution in [-0.4, -0.2) is 22.8 Å². The molecule has 0 aliphatic heterocycles. The Morgan fingerprint density at radius 1 is 1.00 bits per heavy atom. The first-order chi connectivity index (χ1) is 13.3. The van der Waals surface area contributed by atoms with Gasteiger partial charge in [-0.1, -0.05) is 54.6 Å². The summed E-state index contributed by atoms with van der Waals surface area (Å²) in [7, 11) is 0. The van der Waals surface area contributed by atoms with Crippen LogP contribution in [0.4, 0.5) is 0 Å². The molecule has 0 radical (unpaired) electrons. The Balaban J connectivity index is 1.79. The maximum absolute atomic E-state index is 12.1. The van der Waals surface area contributed by atoms with Crippen molar-refractivity contribution in [2.24, 2.45) is 0 Å². The fourth-order valence-electron chi connectivity index (χ4n) is 3.32. The molecule has 1 N–H and O–H groups in total. The number of rotatable bonds is 5. The van der Waals surface area contributed by atoms with Gasteiger partial charge in [0.25, 0.3) is 0 Å². The number of hydrogen-bond acceptors (Lipinski definition) is 3. The molecule has 0 atom stereocenters. The highest BCUT2D eigenvalue weighted by Crippen LogP contribution is 2.31. The first kappa shape index (κ1) is 17.0. The monoisotopic (exact) mass is 356 g/mol. The molecule has 0 saturated carbocycles. The SMILES string of the molecule is CCOC(=O)c1cccc(-c2n[nH]c3cccc(Cc4ccccc4)c23)c1. The van der Waals surface area contributed by atoms with E-state index in [0.717, 1.165) is 28.6 Å². The lowest BCUT2D eigenvalue weighted by Gasteiger charge is -2.07. The van der Waals surface area contributed by atoms with Crippen molar-refractivity contribution in [2.45, 2.75) is 13.3 Å². The topological polar surface area (TPSA) is 55.0 Å². The number of carbonyl (C=O) groups excluding carboxylic acids is 1. The van der Waals surface area contributed by atoms with Crippen molar-refractivity contribution in [3.05, 3.63) is 89.5 Å². The van der Waals surface area contributed by atoms with Crippen LogP contribution in [0.2, 0.25) is 0 Å². The molecule has 3 aromatic carbocycles. The highest BCUT2D eigenvalue weighted by molar-refractivity contribution is 5.97. The van der Waals surface area contributed by atoms with Crippen LogP contribution in [0.15, 0.2) is 72.8 Å². The highest BCUT2D eigenvalue weighted by atomic mass is 16.5. The number of aromatic nitrogens is 2. The predicted octanol–water partition coefficient (Wildman–Crippen LogP) is 5.00. The van der Waals surface area contributed by atoms with E-state index in [1.807, 2.05) is 36.4 Å². The van der Waals surface area contributed by atoms with E-state index in [2.05, 4.69) is 40.5 Å². The summed E-state index contributed by atoms with van der Waals surface area (Å²) in [6.45, 7) is 2.16. The second kappa shape index (κ2) is 7.46.